The Morgan fingerprint density at radius 3 is 2.48 bits per heavy atom. The topological polar surface area (TPSA) is 35.7 Å². The largest absolute Gasteiger partial charge is 0.497 e. The van der Waals surface area contributed by atoms with E-state index in [-0.39, 0.29) is 0 Å². The molecule has 0 bridgehead atoms. The zero-order valence-electron chi connectivity index (χ0n) is 14.3. The third-order valence-corrected chi connectivity index (χ3v) is 5.42. The van der Waals surface area contributed by atoms with Crippen LogP contribution in [0.2, 0.25) is 5.02 Å². The molecule has 0 radical (unpaired) electrons. The molecule has 2 heterocycles. The fraction of sp³-hybridized carbons (Fsp3) is 0.350. The first kappa shape index (κ1) is 16.4. The second-order valence-electron chi connectivity index (χ2n) is 6.63. The number of anilines is 1. The molecule has 5 heteroatoms. The van der Waals surface area contributed by atoms with E-state index in [0.29, 0.717) is 6.54 Å². The molecule has 2 aromatic carbocycles. The number of benzene rings is 2. The lowest BCUT2D eigenvalue weighted by Crippen LogP contribution is -2.41. The zero-order chi connectivity index (χ0) is 17.4. The van der Waals surface area contributed by atoms with Crippen molar-refractivity contribution in [3.8, 4) is 5.75 Å². The van der Waals surface area contributed by atoms with Crippen molar-refractivity contribution in [1.29, 1.82) is 0 Å². The maximum atomic E-state index is 11.6. The molecule has 2 aliphatic rings. The molecule has 2 aliphatic heterocycles. The molecule has 0 fully saturated rings. The summed E-state index contributed by atoms with van der Waals surface area (Å²) in [5.41, 5.74) is 0.932. The maximum Gasteiger partial charge on any atom is 0.271 e. The van der Waals surface area contributed by atoms with Gasteiger partial charge in [-0.05, 0) is 61.4 Å². The van der Waals surface area contributed by atoms with Gasteiger partial charge in [0.15, 0.2) is 6.54 Å². The average Bonchev–Trinajstić information content (AvgIpc) is 2.97. The van der Waals surface area contributed by atoms with Gasteiger partial charge < -0.3 is 9.84 Å². The number of nitrogens with zero attached hydrogens (tertiary/aromatic N) is 2. The van der Waals surface area contributed by atoms with Crippen LogP contribution in [-0.2, 0) is 5.72 Å². The molecule has 2 aromatic rings. The molecule has 0 unspecified atom stereocenters. The first-order valence-corrected chi connectivity index (χ1v) is 9.03. The van der Waals surface area contributed by atoms with Crippen molar-refractivity contribution < 1.29 is 14.4 Å². The molecule has 1 N–H and O–H groups in total. The van der Waals surface area contributed by atoms with E-state index >= 15 is 0 Å². The molecule has 0 aliphatic carbocycles. The number of ether oxygens (including phenoxy) is 1. The first-order chi connectivity index (χ1) is 12.1. The van der Waals surface area contributed by atoms with Crippen LogP contribution in [0.4, 0.5) is 5.69 Å². The summed E-state index contributed by atoms with van der Waals surface area (Å²) in [6.07, 6.45) is 3.21. The molecule has 0 aromatic heterocycles. The van der Waals surface area contributed by atoms with Crippen molar-refractivity contribution in [1.82, 2.24) is 0 Å². The SMILES string of the molecule is COc1ccc([C@]2(O)CN(c3ccc(Cl)cc3)C3=[N+]2CCCC3)cc1. The van der Waals surface area contributed by atoms with Crippen molar-refractivity contribution in [2.45, 2.75) is 25.0 Å². The Morgan fingerprint density at radius 2 is 1.80 bits per heavy atom. The summed E-state index contributed by atoms with van der Waals surface area (Å²) in [5, 5.41) is 12.3. The lowest BCUT2D eigenvalue weighted by Gasteiger charge is -2.24. The van der Waals surface area contributed by atoms with Gasteiger partial charge >= 0.3 is 0 Å². The molecule has 130 valence electrons. The van der Waals surface area contributed by atoms with E-state index in [0.717, 1.165) is 47.8 Å². The van der Waals surface area contributed by atoms with Gasteiger partial charge in [0.2, 0.25) is 0 Å². The van der Waals surface area contributed by atoms with Crippen LogP contribution < -0.4 is 9.64 Å². The van der Waals surface area contributed by atoms with Crippen molar-refractivity contribution in [2.24, 2.45) is 0 Å². The molecule has 1 atom stereocenters. The minimum absolute atomic E-state index is 0.510. The standard InChI is InChI=1S/C20H22ClN2O2/c1-25-18-11-5-15(6-12-18)20(24)14-22(17-9-7-16(21)8-10-17)19-4-2-3-13-23(19)20/h5-12,24H,2-4,13-14H2,1H3/q+1/t20-/m1/s1. The Labute approximate surface area is 152 Å². The number of aliphatic hydroxyl groups is 1. The fourth-order valence-corrected chi connectivity index (χ4v) is 3.99. The van der Waals surface area contributed by atoms with Crippen molar-refractivity contribution in [2.75, 3.05) is 25.1 Å². The summed E-state index contributed by atoms with van der Waals surface area (Å²) in [7, 11) is 1.65. The first-order valence-electron chi connectivity index (χ1n) is 8.65. The van der Waals surface area contributed by atoms with Crippen molar-refractivity contribution >= 4 is 23.1 Å². The van der Waals surface area contributed by atoms with Crippen LogP contribution in [0.1, 0.15) is 24.8 Å². The van der Waals surface area contributed by atoms with Crippen LogP contribution in [0.25, 0.3) is 0 Å². The minimum Gasteiger partial charge on any atom is -0.497 e. The summed E-state index contributed by atoms with van der Waals surface area (Å²) < 4.78 is 7.41. The third-order valence-electron chi connectivity index (χ3n) is 5.17. The molecule has 0 spiro atoms. The van der Waals surface area contributed by atoms with Crippen LogP contribution in [0.5, 0.6) is 5.75 Å². The molecule has 25 heavy (non-hydrogen) atoms. The molecule has 0 saturated carbocycles. The van der Waals surface area contributed by atoms with Gasteiger partial charge in [0, 0.05) is 17.0 Å². The number of methoxy groups -OCH3 is 1. The number of β-amino-alcohol motifs (C(OH)–C–C–N with tert-alkyl or cyclic N) is 1. The predicted molar refractivity (Wildman–Crippen MR) is 99.7 cm³/mol. The van der Waals surface area contributed by atoms with E-state index in [1.807, 2.05) is 48.5 Å². The molecular formula is C20H22ClN2O2+. The van der Waals surface area contributed by atoms with Gasteiger partial charge in [0.25, 0.3) is 11.6 Å². The molecule has 0 amide bonds. The number of hydrogen-bond acceptors (Lipinski definition) is 3. The van der Waals surface area contributed by atoms with E-state index in [1.165, 1.54) is 5.84 Å². The van der Waals surface area contributed by atoms with Gasteiger partial charge in [-0.3, -0.25) is 0 Å². The van der Waals surface area contributed by atoms with E-state index < -0.39 is 5.72 Å². The smallest absolute Gasteiger partial charge is 0.271 e. The maximum absolute atomic E-state index is 11.6. The summed E-state index contributed by atoms with van der Waals surface area (Å²) in [4.78, 5) is 2.22. The lowest BCUT2D eigenvalue weighted by atomic mass is 10.0. The van der Waals surface area contributed by atoms with Crippen LogP contribution in [-0.4, -0.2) is 35.7 Å². The van der Waals surface area contributed by atoms with Gasteiger partial charge in [-0.15, -0.1) is 0 Å². The fourth-order valence-electron chi connectivity index (χ4n) is 3.86. The quantitative estimate of drug-likeness (QED) is 0.852. The highest BCUT2D eigenvalue weighted by Gasteiger charge is 2.52. The Hall–Kier alpha value is -2.04. The zero-order valence-corrected chi connectivity index (χ0v) is 15.0. The Balaban J connectivity index is 1.76. The van der Waals surface area contributed by atoms with Gasteiger partial charge in [0.1, 0.15) is 11.4 Å². The van der Waals surface area contributed by atoms with Gasteiger partial charge in [-0.2, -0.15) is 0 Å². The van der Waals surface area contributed by atoms with Gasteiger partial charge in [-0.1, -0.05) is 11.6 Å². The number of hydrogen-bond donors (Lipinski definition) is 1. The Morgan fingerprint density at radius 1 is 1.08 bits per heavy atom. The number of rotatable bonds is 3. The van der Waals surface area contributed by atoms with E-state index in [4.69, 9.17) is 16.3 Å². The average molecular weight is 358 g/mol. The highest BCUT2D eigenvalue weighted by Crippen LogP contribution is 2.36. The third kappa shape index (κ3) is 2.79. The summed E-state index contributed by atoms with van der Waals surface area (Å²) >= 11 is 6.04. The second kappa shape index (κ2) is 6.36. The number of halogens is 1. The normalized spacial score (nSPS) is 22.9. The summed E-state index contributed by atoms with van der Waals surface area (Å²) in [5.74, 6) is 1.98. The lowest BCUT2D eigenvalue weighted by molar-refractivity contribution is -0.661. The van der Waals surface area contributed by atoms with Crippen LogP contribution in [0.3, 0.4) is 0 Å². The van der Waals surface area contributed by atoms with Gasteiger partial charge in [-0.25, -0.2) is 9.48 Å². The van der Waals surface area contributed by atoms with Crippen LogP contribution in [0.15, 0.2) is 48.5 Å². The van der Waals surface area contributed by atoms with E-state index in [9.17, 15) is 5.11 Å². The van der Waals surface area contributed by atoms with Crippen molar-refractivity contribution in [3.05, 3.63) is 59.1 Å². The summed E-state index contributed by atoms with van der Waals surface area (Å²) in [6, 6.07) is 15.5. The van der Waals surface area contributed by atoms with Crippen molar-refractivity contribution in [3.63, 3.8) is 0 Å². The second-order valence-corrected chi connectivity index (χ2v) is 7.07. The monoisotopic (exact) mass is 357 g/mol. The van der Waals surface area contributed by atoms with E-state index in [1.54, 1.807) is 7.11 Å². The minimum atomic E-state index is -1.03. The summed E-state index contributed by atoms with van der Waals surface area (Å²) in [6.45, 7) is 1.37. The highest BCUT2D eigenvalue weighted by atomic mass is 35.5. The van der Waals surface area contributed by atoms with Crippen LogP contribution in [0, 0.1) is 0 Å². The molecule has 4 nitrogen and oxygen atoms in total. The molecule has 0 saturated heterocycles. The Bertz CT molecular complexity index is 801. The van der Waals surface area contributed by atoms with Crippen LogP contribution >= 0.6 is 11.6 Å². The predicted octanol–water partition coefficient (Wildman–Crippen LogP) is 3.61. The van der Waals surface area contributed by atoms with E-state index in [2.05, 4.69) is 9.48 Å². The molecular weight excluding hydrogens is 336 g/mol. The number of amidine groups is 1. The highest BCUT2D eigenvalue weighted by molar-refractivity contribution is 6.30. The Kier molecular flexibility index (Phi) is 4.18. The molecule has 4 rings (SSSR count). The van der Waals surface area contributed by atoms with Gasteiger partial charge in [0.05, 0.1) is 13.7 Å².